The number of para-hydroxylation sites is 1. The molecule has 3 aromatic rings. The molecule has 0 fully saturated rings. The number of hydrogen-bond acceptors (Lipinski definition) is 5. The maximum atomic E-state index is 12.4. The van der Waals surface area contributed by atoms with E-state index in [0.29, 0.717) is 12.1 Å². The second-order valence-electron chi connectivity index (χ2n) is 6.43. The molecule has 0 aliphatic heterocycles. The fourth-order valence-electron chi connectivity index (χ4n) is 2.53. The number of aromatic nitrogens is 1. The van der Waals surface area contributed by atoms with Gasteiger partial charge in [0, 0.05) is 17.5 Å². The largest absolute Gasteiger partial charge is 0.326 e. The molecule has 0 saturated carbocycles. The zero-order chi connectivity index (χ0) is 20.1. The molecule has 8 heteroatoms. The molecule has 3 rings (SSSR count). The van der Waals surface area contributed by atoms with Crippen molar-refractivity contribution in [2.24, 2.45) is 0 Å². The van der Waals surface area contributed by atoms with Crippen LogP contribution < -0.4 is 10.0 Å². The molecule has 146 valence electrons. The lowest BCUT2D eigenvalue weighted by molar-refractivity contribution is -0.116. The minimum atomic E-state index is -3.67. The predicted octanol–water partition coefficient (Wildman–Crippen LogP) is 4.13. The van der Waals surface area contributed by atoms with Crippen molar-refractivity contribution >= 4 is 38.1 Å². The van der Waals surface area contributed by atoms with Crippen LogP contribution in [0.4, 0.5) is 10.8 Å². The zero-order valence-corrected chi connectivity index (χ0v) is 17.2. The molecule has 0 aliphatic rings. The van der Waals surface area contributed by atoms with Crippen LogP contribution in [0.3, 0.4) is 0 Å². The molecule has 0 saturated heterocycles. The normalized spacial score (nSPS) is 11.2. The number of nitrogens with zero attached hydrogens (tertiary/aromatic N) is 1. The molecule has 2 N–H and O–H groups in total. The van der Waals surface area contributed by atoms with Crippen LogP contribution in [0.25, 0.3) is 0 Å². The molecule has 0 unspecified atom stereocenters. The van der Waals surface area contributed by atoms with Gasteiger partial charge in [0.05, 0.1) is 10.6 Å². The fourth-order valence-corrected chi connectivity index (χ4v) is 4.52. The van der Waals surface area contributed by atoms with Crippen LogP contribution in [-0.4, -0.2) is 19.3 Å². The number of nitrogens with one attached hydrogen (secondary N) is 2. The predicted molar refractivity (Wildman–Crippen MR) is 112 cm³/mol. The smallest absolute Gasteiger partial charge is 0.263 e. The van der Waals surface area contributed by atoms with E-state index in [4.69, 9.17) is 0 Å². The summed E-state index contributed by atoms with van der Waals surface area (Å²) in [4.78, 5) is 16.6. The van der Waals surface area contributed by atoms with Crippen molar-refractivity contribution in [2.45, 2.75) is 31.6 Å². The van der Waals surface area contributed by atoms with Gasteiger partial charge < -0.3 is 5.32 Å². The third-order valence-corrected chi connectivity index (χ3v) is 6.42. The van der Waals surface area contributed by atoms with E-state index in [1.54, 1.807) is 29.6 Å². The Balaban J connectivity index is 1.57. The molecule has 0 atom stereocenters. The number of anilines is 2. The number of carbonyl (C=O) groups is 1. The average Bonchev–Trinajstić information content (AvgIpc) is 3.09. The van der Waals surface area contributed by atoms with E-state index in [-0.39, 0.29) is 22.4 Å². The number of aryl methyl sites for hydroxylation is 3. The van der Waals surface area contributed by atoms with Gasteiger partial charge in [-0.25, -0.2) is 13.4 Å². The highest BCUT2D eigenvalue weighted by Crippen LogP contribution is 2.21. The summed E-state index contributed by atoms with van der Waals surface area (Å²) in [7, 11) is -3.67. The summed E-state index contributed by atoms with van der Waals surface area (Å²) in [6.07, 6.45) is 0.697. The molecule has 0 radical (unpaired) electrons. The average molecular weight is 416 g/mol. The topological polar surface area (TPSA) is 88.2 Å². The Kier molecular flexibility index (Phi) is 6.11. The van der Waals surface area contributed by atoms with Crippen molar-refractivity contribution < 1.29 is 13.2 Å². The Morgan fingerprint density at radius 1 is 1.07 bits per heavy atom. The Morgan fingerprint density at radius 3 is 2.50 bits per heavy atom. The van der Waals surface area contributed by atoms with Gasteiger partial charge in [-0.3, -0.25) is 9.52 Å². The third kappa shape index (κ3) is 5.17. The minimum absolute atomic E-state index is 0.107. The van der Waals surface area contributed by atoms with Gasteiger partial charge in [0.25, 0.3) is 10.0 Å². The standard InChI is InChI=1S/C20H21N3O3S2/c1-14-7-10-17(11-8-14)28(25,26)23-20-21-16(13-27-20)9-12-19(24)22-18-6-4-3-5-15(18)2/h3-8,10-11,13H,9,12H2,1-2H3,(H,21,23)(H,22,24). The van der Waals surface area contributed by atoms with Crippen molar-refractivity contribution in [3.63, 3.8) is 0 Å². The highest BCUT2D eigenvalue weighted by molar-refractivity contribution is 7.93. The highest BCUT2D eigenvalue weighted by atomic mass is 32.2. The maximum absolute atomic E-state index is 12.4. The first-order chi connectivity index (χ1) is 13.3. The van der Waals surface area contributed by atoms with Gasteiger partial charge in [-0.1, -0.05) is 35.9 Å². The molecular formula is C20H21N3O3S2. The molecule has 0 aliphatic carbocycles. The summed E-state index contributed by atoms with van der Waals surface area (Å²) in [6, 6.07) is 14.2. The van der Waals surface area contributed by atoms with Gasteiger partial charge in [-0.05, 0) is 44.0 Å². The first kappa shape index (κ1) is 20.0. The van der Waals surface area contributed by atoms with Crippen LogP contribution in [0.1, 0.15) is 23.2 Å². The Bertz CT molecular complexity index is 1070. The number of rotatable bonds is 7. The molecule has 1 amide bonds. The first-order valence-corrected chi connectivity index (χ1v) is 11.1. The summed E-state index contributed by atoms with van der Waals surface area (Å²) in [5.74, 6) is -0.107. The van der Waals surface area contributed by atoms with Gasteiger partial charge in [-0.15, -0.1) is 11.3 Å². The van der Waals surface area contributed by atoms with Crippen LogP contribution >= 0.6 is 11.3 Å². The Hall–Kier alpha value is -2.71. The molecule has 1 heterocycles. The summed E-state index contributed by atoms with van der Waals surface area (Å²) < 4.78 is 27.3. The number of sulfonamides is 1. The molecule has 0 spiro atoms. The lowest BCUT2D eigenvalue weighted by Crippen LogP contribution is -2.14. The van der Waals surface area contributed by atoms with E-state index in [1.165, 1.54) is 11.3 Å². The molecule has 1 aromatic heterocycles. The van der Waals surface area contributed by atoms with Crippen LogP contribution in [0.15, 0.2) is 58.8 Å². The first-order valence-electron chi connectivity index (χ1n) is 8.73. The molecule has 2 aromatic carbocycles. The van der Waals surface area contributed by atoms with Gasteiger partial charge >= 0.3 is 0 Å². The van der Waals surface area contributed by atoms with Crippen LogP contribution in [0.2, 0.25) is 0 Å². The van der Waals surface area contributed by atoms with E-state index in [2.05, 4.69) is 15.0 Å². The van der Waals surface area contributed by atoms with Crippen LogP contribution in [-0.2, 0) is 21.2 Å². The quantitative estimate of drug-likeness (QED) is 0.607. The maximum Gasteiger partial charge on any atom is 0.263 e. The summed E-state index contributed by atoms with van der Waals surface area (Å²) in [5.41, 5.74) is 3.45. The Labute approximate surface area is 168 Å². The SMILES string of the molecule is Cc1ccc(S(=O)(=O)Nc2nc(CCC(=O)Nc3ccccc3C)cs2)cc1. The minimum Gasteiger partial charge on any atom is -0.326 e. The Morgan fingerprint density at radius 2 is 1.79 bits per heavy atom. The number of amides is 1. The summed E-state index contributed by atoms with van der Waals surface area (Å²) >= 11 is 1.20. The molecule has 0 bridgehead atoms. The monoisotopic (exact) mass is 415 g/mol. The van der Waals surface area contributed by atoms with E-state index in [0.717, 1.165) is 16.8 Å². The molecule has 6 nitrogen and oxygen atoms in total. The van der Waals surface area contributed by atoms with Crippen molar-refractivity contribution in [1.82, 2.24) is 4.98 Å². The van der Waals surface area contributed by atoms with Crippen LogP contribution in [0.5, 0.6) is 0 Å². The van der Waals surface area contributed by atoms with Crippen molar-refractivity contribution in [1.29, 1.82) is 0 Å². The number of carbonyl (C=O) groups excluding carboxylic acids is 1. The molecule has 28 heavy (non-hydrogen) atoms. The molecular weight excluding hydrogens is 394 g/mol. The van der Waals surface area contributed by atoms with Gasteiger partial charge in [-0.2, -0.15) is 0 Å². The lowest BCUT2D eigenvalue weighted by atomic mass is 10.2. The van der Waals surface area contributed by atoms with Crippen molar-refractivity contribution in [2.75, 3.05) is 10.0 Å². The number of benzene rings is 2. The van der Waals surface area contributed by atoms with E-state index >= 15 is 0 Å². The fraction of sp³-hybridized carbons (Fsp3) is 0.200. The van der Waals surface area contributed by atoms with Crippen molar-refractivity contribution in [3.05, 3.63) is 70.7 Å². The van der Waals surface area contributed by atoms with Crippen molar-refractivity contribution in [3.8, 4) is 0 Å². The second-order valence-corrected chi connectivity index (χ2v) is 8.97. The van der Waals surface area contributed by atoms with Gasteiger partial charge in [0.2, 0.25) is 5.91 Å². The van der Waals surface area contributed by atoms with Gasteiger partial charge in [0.1, 0.15) is 0 Å². The zero-order valence-electron chi connectivity index (χ0n) is 15.6. The number of thiazole rings is 1. The highest BCUT2D eigenvalue weighted by Gasteiger charge is 2.16. The van der Waals surface area contributed by atoms with E-state index in [9.17, 15) is 13.2 Å². The van der Waals surface area contributed by atoms with Gasteiger partial charge in [0.15, 0.2) is 5.13 Å². The van der Waals surface area contributed by atoms with Crippen LogP contribution in [0, 0.1) is 13.8 Å². The second kappa shape index (κ2) is 8.53. The van der Waals surface area contributed by atoms with E-state index < -0.39 is 10.0 Å². The third-order valence-electron chi connectivity index (χ3n) is 4.13. The van der Waals surface area contributed by atoms with E-state index in [1.807, 2.05) is 38.1 Å². The lowest BCUT2D eigenvalue weighted by Gasteiger charge is -2.07. The summed E-state index contributed by atoms with van der Waals surface area (Å²) in [6.45, 7) is 3.83. The summed E-state index contributed by atoms with van der Waals surface area (Å²) in [5, 5.41) is 4.92. The number of hydrogen-bond donors (Lipinski definition) is 2.